The maximum atomic E-state index is 10.2. The van der Waals surface area contributed by atoms with Crippen molar-refractivity contribution in [3.8, 4) is 0 Å². The Morgan fingerprint density at radius 1 is 1.27 bits per heavy atom. The third-order valence-corrected chi connectivity index (χ3v) is 2.30. The van der Waals surface area contributed by atoms with Gasteiger partial charge in [-0.3, -0.25) is 4.55 Å². The fourth-order valence-corrected chi connectivity index (χ4v) is 1.07. The van der Waals surface area contributed by atoms with E-state index >= 15 is 0 Å². The fraction of sp³-hybridized carbons (Fsp3) is 1.00. The molecule has 0 aromatic carbocycles. The molecule has 0 saturated heterocycles. The van der Waals surface area contributed by atoms with Crippen molar-refractivity contribution in [1.82, 2.24) is 0 Å². The van der Waals surface area contributed by atoms with Crippen molar-refractivity contribution in [2.45, 2.75) is 11.7 Å². The van der Waals surface area contributed by atoms with Crippen LogP contribution in [0.3, 0.4) is 0 Å². The second kappa shape index (κ2) is 6.93. The predicted octanol–water partition coefficient (Wildman–Crippen LogP) is -4.38. The smallest absolute Gasteiger partial charge is 0.396 e. The van der Waals surface area contributed by atoms with Gasteiger partial charge in [0.05, 0.1) is 6.61 Å². The summed E-state index contributed by atoms with van der Waals surface area (Å²) >= 11 is 0. The van der Waals surface area contributed by atoms with Crippen LogP contribution in [0.25, 0.3) is 0 Å². The van der Waals surface area contributed by atoms with Crippen LogP contribution in [0, 0.1) is 0 Å². The van der Waals surface area contributed by atoms with Gasteiger partial charge in [-0.15, -0.1) is 0 Å². The molecule has 0 amide bonds. The van der Waals surface area contributed by atoms with Crippen LogP contribution in [-0.4, -0.2) is 41.6 Å². The zero-order valence-electron chi connectivity index (χ0n) is 6.27. The van der Waals surface area contributed by atoms with Crippen LogP contribution in [0.2, 0.25) is 0 Å². The fourth-order valence-electron chi connectivity index (χ4n) is 0.478. The standard InChI is InChI=1S/C4H10O5S.K/c5-2-1-4(3-6)10(7,8)9;/h4-6H,1-3H2,(H,7,8,9);/q;+1. The van der Waals surface area contributed by atoms with Gasteiger partial charge in [0.15, 0.2) is 0 Å². The molecule has 11 heavy (non-hydrogen) atoms. The molecule has 1 atom stereocenters. The summed E-state index contributed by atoms with van der Waals surface area (Å²) in [4.78, 5) is 0. The van der Waals surface area contributed by atoms with E-state index in [-0.39, 0.29) is 64.4 Å². The van der Waals surface area contributed by atoms with Gasteiger partial charge in [-0.1, -0.05) is 0 Å². The molecule has 0 aliphatic rings. The molecule has 5 nitrogen and oxygen atoms in total. The first-order valence-corrected chi connectivity index (χ1v) is 4.20. The van der Waals surface area contributed by atoms with Crippen molar-refractivity contribution in [1.29, 1.82) is 0 Å². The number of aliphatic hydroxyl groups excluding tert-OH is 2. The van der Waals surface area contributed by atoms with E-state index in [0.717, 1.165) is 0 Å². The van der Waals surface area contributed by atoms with Crippen LogP contribution in [0.15, 0.2) is 0 Å². The number of hydrogen-bond donors (Lipinski definition) is 3. The SMILES string of the molecule is O=S(=O)(O)C(CO)CCO.[K+]. The molecule has 0 bridgehead atoms. The molecule has 0 aliphatic carbocycles. The monoisotopic (exact) mass is 209 g/mol. The minimum absolute atomic E-state index is 0. The normalized spacial score (nSPS) is 13.7. The van der Waals surface area contributed by atoms with Gasteiger partial charge in [-0.2, -0.15) is 8.42 Å². The maximum Gasteiger partial charge on any atom is 1.00 e. The molecule has 0 spiro atoms. The molecule has 62 valence electrons. The first kappa shape index (κ1) is 15.0. The summed E-state index contributed by atoms with van der Waals surface area (Å²) in [5, 5.41) is 15.3. The minimum Gasteiger partial charge on any atom is -0.396 e. The molecule has 0 rings (SSSR count). The topological polar surface area (TPSA) is 94.8 Å². The van der Waals surface area contributed by atoms with Crippen molar-refractivity contribution in [2.75, 3.05) is 13.2 Å². The second-order valence-corrected chi connectivity index (χ2v) is 3.53. The van der Waals surface area contributed by atoms with Gasteiger partial charge in [-0.25, -0.2) is 0 Å². The quantitative estimate of drug-likeness (QED) is 0.321. The Balaban J connectivity index is 0. The van der Waals surface area contributed by atoms with Gasteiger partial charge < -0.3 is 10.2 Å². The molecule has 1 unspecified atom stereocenters. The largest absolute Gasteiger partial charge is 1.00 e. The zero-order chi connectivity index (χ0) is 8.20. The summed E-state index contributed by atoms with van der Waals surface area (Å²) in [7, 11) is -4.19. The first-order chi connectivity index (χ1) is 4.52. The van der Waals surface area contributed by atoms with Gasteiger partial charge in [-0.05, 0) is 6.42 Å². The van der Waals surface area contributed by atoms with Gasteiger partial charge in [0, 0.05) is 6.61 Å². The zero-order valence-corrected chi connectivity index (χ0v) is 10.2. The Morgan fingerprint density at radius 3 is 1.82 bits per heavy atom. The summed E-state index contributed by atoms with van der Waals surface area (Å²) in [5.74, 6) is 0. The van der Waals surface area contributed by atoms with Crippen molar-refractivity contribution < 1.29 is 74.6 Å². The molecule has 0 aromatic rings. The maximum absolute atomic E-state index is 10.2. The van der Waals surface area contributed by atoms with E-state index in [9.17, 15) is 8.42 Å². The minimum atomic E-state index is -4.19. The third-order valence-electron chi connectivity index (χ3n) is 1.08. The molecule has 0 aromatic heterocycles. The Hall–Kier alpha value is 1.47. The predicted molar refractivity (Wildman–Crippen MR) is 34.1 cm³/mol. The van der Waals surface area contributed by atoms with E-state index in [0.29, 0.717) is 0 Å². The molecule has 0 heterocycles. The van der Waals surface area contributed by atoms with Crippen LogP contribution >= 0.6 is 0 Å². The molecule has 3 N–H and O–H groups in total. The molecule has 0 saturated carbocycles. The van der Waals surface area contributed by atoms with Crippen LogP contribution < -0.4 is 51.4 Å². The van der Waals surface area contributed by atoms with Crippen molar-refractivity contribution >= 4 is 10.1 Å². The number of aliphatic hydroxyl groups is 2. The number of rotatable bonds is 4. The van der Waals surface area contributed by atoms with E-state index in [4.69, 9.17) is 14.8 Å². The Kier molecular flexibility index (Phi) is 9.42. The molecule has 0 fully saturated rings. The van der Waals surface area contributed by atoms with Crippen LogP contribution in [0.4, 0.5) is 0 Å². The summed E-state index contributed by atoms with van der Waals surface area (Å²) in [6.45, 7) is -1.04. The average Bonchev–Trinajstić information content (AvgIpc) is 1.80. The van der Waals surface area contributed by atoms with Crippen molar-refractivity contribution in [3.05, 3.63) is 0 Å². The van der Waals surface area contributed by atoms with Gasteiger partial charge in [0.1, 0.15) is 5.25 Å². The third kappa shape index (κ3) is 6.61. The van der Waals surface area contributed by atoms with Crippen LogP contribution in [-0.2, 0) is 10.1 Å². The molecular weight excluding hydrogens is 199 g/mol. The van der Waals surface area contributed by atoms with E-state index in [1.54, 1.807) is 0 Å². The average molecular weight is 209 g/mol. The van der Waals surface area contributed by atoms with E-state index < -0.39 is 22.0 Å². The molecule has 7 heteroatoms. The van der Waals surface area contributed by atoms with Crippen molar-refractivity contribution in [3.63, 3.8) is 0 Å². The van der Waals surface area contributed by atoms with E-state index in [1.165, 1.54) is 0 Å². The molecule has 0 radical (unpaired) electrons. The molecule has 0 aliphatic heterocycles. The number of hydrogen-bond acceptors (Lipinski definition) is 4. The van der Waals surface area contributed by atoms with Gasteiger partial charge >= 0.3 is 51.4 Å². The second-order valence-electron chi connectivity index (χ2n) is 1.83. The summed E-state index contributed by atoms with van der Waals surface area (Å²) in [5.41, 5.74) is 0. The van der Waals surface area contributed by atoms with Gasteiger partial charge in [0.25, 0.3) is 10.1 Å². The summed E-state index contributed by atoms with van der Waals surface area (Å²) < 4.78 is 28.8. The Morgan fingerprint density at radius 2 is 1.73 bits per heavy atom. The van der Waals surface area contributed by atoms with E-state index in [2.05, 4.69) is 0 Å². The summed E-state index contributed by atoms with van der Waals surface area (Å²) in [6, 6.07) is 0. The first-order valence-electron chi connectivity index (χ1n) is 2.70. The Bertz CT molecular complexity index is 177. The van der Waals surface area contributed by atoms with Crippen molar-refractivity contribution in [2.24, 2.45) is 0 Å². The van der Waals surface area contributed by atoms with E-state index in [1.807, 2.05) is 0 Å². The van der Waals surface area contributed by atoms with Gasteiger partial charge in [0.2, 0.25) is 0 Å². The Labute approximate surface area is 108 Å². The van der Waals surface area contributed by atoms with Crippen LogP contribution in [0.1, 0.15) is 6.42 Å². The summed E-state index contributed by atoms with van der Waals surface area (Å²) in [6.07, 6.45) is -0.144. The molecular formula is C4H10KO5S+. The van der Waals surface area contributed by atoms with Crippen LogP contribution in [0.5, 0.6) is 0 Å².